The van der Waals surface area contributed by atoms with E-state index in [0.717, 1.165) is 12.1 Å². The summed E-state index contributed by atoms with van der Waals surface area (Å²) in [5.41, 5.74) is 4.74. The first-order chi connectivity index (χ1) is 6.45. The second-order valence-corrected chi connectivity index (χ2v) is 2.92. The van der Waals surface area contributed by atoms with Gasteiger partial charge in [0.05, 0.1) is 5.56 Å². The average molecular weight is 201 g/mol. The molecule has 0 unspecified atom stereocenters. The summed E-state index contributed by atoms with van der Waals surface area (Å²) in [6.45, 7) is 1.39. The minimum Gasteiger partial charge on any atom is -0.478 e. The van der Waals surface area contributed by atoms with Crippen LogP contribution in [0.1, 0.15) is 28.9 Å². The molecule has 3 N–H and O–H groups in total. The number of hydrogen-bond donors (Lipinski definition) is 2. The van der Waals surface area contributed by atoms with Crippen molar-refractivity contribution in [3.05, 3.63) is 34.9 Å². The van der Waals surface area contributed by atoms with Crippen LogP contribution < -0.4 is 5.73 Å². The Kier molecular flexibility index (Phi) is 2.81. The number of hydrogen-bond acceptors (Lipinski definition) is 2. The molecule has 5 heteroatoms. The van der Waals surface area contributed by atoms with Gasteiger partial charge < -0.3 is 10.8 Å². The Morgan fingerprint density at radius 2 is 2.07 bits per heavy atom. The van der Waals surface area contributed by atoms with Crippen LogP contribution in [0, 0.1) is 11.6 Å². The van der Waals surface area contributed by atoms with E-state index in [9.17, 15) is 13.6 Å². The highest BCUT2D eigenvalue weighted by Crippen LogP contribution is 2.22. The van der Waals surface area contributed by atoms with Gasteiger partial charge in [-0.15, -0.1) is 0 Å². The fourth-order valence-electron chi connectivity index (χ4n) is 1.20. The lowest BCUT2D eigenvalue weighted by atomic mass is 10.0. The highest BCUT2D eigenvalue weighted by molar-refractivity contribution is 5.89. The molecule has 0 saturated heterocycles. The van der Waals surface area contributed by atoms with E-state index in [0.29, 0.717) is 0 Å². The summed E-state index contributed by atoms with van der Waals surface area (Å²) in [5.74, 6) is -3.61. The summed E-state index contributed by atoms with van der Waals surface area (Å²) in [7, 11) is 0. The summed E-state index contributed by atoms with van der Waals surface area (Å²) in [6, 6.07) is 0.904. The molecular formula is C9H9F2NO2. The van der Waals surface area contributed by atoms with Gasteiger partial charge in [0.15, 0.2) is 11.6 Å². The second-order valence-electron chi connectivity index (χ2n) is 2.92. The Hall–Kier alpha value is -1.49. The molecular weight excluding hydrogens is 192 g/mol. The van der Waals surface area contributed by atoms with Gasteiger partial charge in [0.25, 0.3) is 0 Å². The topological polar surface area (TPSA) is 63.3 Å². The number of carboxylic acids is 1. The molecule has 0 radical (unpaired) electrons. The third-order valence-electron chi connectivity index (χ3n) is 1.82. The smallest absolute Gasteiger partial charge is 0.336 e. The zero-order valence-corrected chi connectivity index (χ0v) is 7.42. The van der Waals surface area contributed by atoms with E-state index in [1.165, 1.54) is 6.92 Å². The Balaban J connectivity index is 3.45. The van der Waals surface area contributed by atoms with Crippen LogP contribution in [0.25, 0.3) is 0 Å². The molecule has 0 aromatic heterocycles. The summed E-state index contributed by atoms with van der Waals surface area (Å²) in [5, 5.41) is 8.69. The molecule has 0 aliphatic heterocycles. The highest BCUT2D eigenvalue weighted by atomic mass is 19.2. The lowest BCUT2D eigenvalue weighted by Gasteiger charge is -2.10. The molecule has 1 atom stereocenters. The lowest BCUT2D eigenvalue weighted by molar-refractivity contribution is 0.0694. The Morgan fingerprint density at radius 3 is 2.50 bits per heavy atom. The first kappa shape index (κ1) is 10.6. The van der Waals surface area contributed by atoms with Crippen LogP contribution in [0.5, 0.6) is 0 Å². The minimum atomic E-state index is -1.32. The van der Waals surface area contributed by atoms with Gasteiger partial charge in [-0.3, -0.25) is 0 Å². The number of rotatable bonds is 2. The van der Waals surface area contributed by atoms with E-state index >= 15 is 0 Å². The van der Waals surface area contributed by atoms with Crippen molar-refractivity contribution in [3.63, 3.8) is 0 Å². The van der Waals surface area contributed by atoms with Crippen LogP contribution in [-0.4, -0.2) is 11.1 Å². The molecule has 0 heterocycles. The monoisotopic (exact) mass is 201 g/mol. The number of halogens is 2. The predicted molar refractivity (Wildman–Crippen MR) is 45.9 cm³/mol. The number of nitrogens with two attached hydrogens (primary N) is 1. The van der Waals surface area contributed by atoms with E-state index < -0.39 is 23.6 Å². The first-order valence-corrected chi connectivity index (χ1v) is 3.92. The van der Waals surface area contributed by atoms with Crippen molar-refractivity contribution < 1.29 is 18.7 Å². The molecule has 0 spiro atoms. The van der Waals surface area contributed by atoms with Gasteiger partial charge in [0.1, 0.15) is 0 Å². The second kappa shape index (κ2) is 3.71. The van der Waals surface area contributed by atoms with E-state index in [-0.39, 0.29) is 11.1 Å². The summed E-state index contributed by atoms with van der Waals surface area (Å²) < 4.78 is 25.9. The van der Waals surface area contributed by atoms with Gasteiger partial charge in [0, 0.05) is 11.6 Å². The Bertz CT molecular complexity index is 377. The van der Waals surface area contributed by atoms with Crippen LogP contribution in [0.2, 0.25) is 0 Å². The van der Waals surface area contributed by atoms with E-state index in [1.54, 1.807) is 0 Å². The fraction of sp³-hybridized carbons (Fsp3) is 0.222. The Morgan fingerprint density at radius 1 is 1.50 bits per heavy atom. The van der Waals surface area contributed by atoms with Gasteiger partial charge >= 0.3 is 5.97 Å². The molecule has 0 amide bonds. The molecule has 0 fully saturated rings. The number of carbonyl (C=O) groups is 1. The predicted octanol–water partition coefficient (Wildman–Crippen LogP) is 1.68. The SMILES string of the molecule is C[C@@H](N)c1c(C(=O)O)ccc(F)c1F. The minimum absolute atomic E-state index is 0.307. The maximum absolute atomic E-state index is 13.2. The molecule has 0 aliphatic rings. The van der Waals surface area contributed by atoms with E-state index in [4.69, 9.17) is 10.8 Å². The van der Waals surface area contributed by atoms with Gasteiger partial charge in [-0.1, -0.05) is 0 Å². The van der Waals surface area contributed by atoms with E-state index in [2.05, 4.69) is 0 Å². The van der Waals surface area contributed by atoms with Crippen molar-refractivity contribution in [2.75, 3.05) is 0 Å². The van der Waals surface area contributed by atoms with Crippen molar-refractivity contribution >= 4 is 5.97 Å². The summed E-state index contributed by atoms with van der Waals surface area (Å²) in [4.78, 5) is 10.6. The maximum atomic E-state index is 13.2. The van der Waals surface area contributed by atoms with Crippen molar-refractivity contribution in [1.29, 1.82) is 0 Å². The largest absolute Gasteiger partial charge is 0.478 e. The van der Waals surface area contributed by atoms with Crippen molar-refractivity contribution in [2.24, 2.45) is 5.73 Å². The maximum Gasteiger partial charge on any atom is 0.336 e. The highest BCUT2D eigenvalue weighted by Gasteiger charge is 2.20. The van der Waals surface area contributed by atoms with Crippen LogP contribution >= 0.6 is 0 Å². The molecule has 1 rings (SSSR count). The van der Waals surface area contributed by atoms with Crippen LogP contribution in [0.3, 0.4) is 0 Å². The third kappa shape index (κ3) is 1.72. The molecule has 3 nitrogen and oxygen atoms in total. The van der Waals surface area contributed by atoms with E-state index in [1.807, 2.05) is 0 Å². The van der Waals surface area contributed by atoms with Crippen molar-refractivity contribution in [1.82, 2.24) is 0 Å². The molecule has 1 aromatic rings. The van der Waals surface area contributed by atoms with Gasteiger partial charge in [-0.2, -0.15) is 0 Å². The van der Waals surface area contributed by atoms with Crippen LogP contribution in [-0.2, 0) is 0 Å². The fourth-order valence-corrected chi connectivity index (χ4v) is 1.20. The average Bonchev–Trinajstić information content (AvgIpc) is 2.08. The standard InChI is InChI=1S/C9H9F2NO2/c1-4(12)7-5(9(13)14)2-3-6(10)8(7)11/h2-4H,12H2,1H3,(H,13,14)/t4-/m1/s1. The number of benzene rings is 1. The first-order valence-electron chi connectivity index (χ1n) is 3.92. The lowest BCUT2D eigenvalue weighted by Crippen LogP contribution is -2.15. The quantitative estimate of drug-likeness (QED) is 0.765. The van der Waals surface area contributed by atoms with Crippen molar-refractivity contribution in [2.45, 2.75) is 13.0 Å². The van der Waals surface area contributed by atoms with Crippen LogP contribution in [0.4, 0.5) is 8.78 Å². The molecule has 0 aliphatic carbocycles. The molecule has 0 saturated carbocycles. The zero-order valence-electron chi connectivity index (χ0n) is 7.42. The number of aromatic carboxylic acids is 1. The third-order valence-corrected chi connectivity index (χ3v) is 1.82. The normalized spacial score (nSPS) is 12.6. The number of carboxylic acid groups (broad SMARTS) is 1. The molecule has 14 heavy (non-hydrogen) atoms. The molecule has 1 aromatic carbocycles. The van der Waals surface area contributed by atoms with Crippen LogP contribution in [0.15, 0.2) is 12.1 Å². The zero-order chi connectivity index (χ0) is 10.9. The molecule has 76 valence electrons. The van der Waals surface area contributed by atoms with Gasteiger partial charge in [0.2, 0.25) is 0 Å². The van der Waals surface area contributed by atoms with Gasteiger partial charge in [-0.05, 0) is 19.1 Å². The summed E-state index contributed by atoms with van der Waals surface area (Å²) in [6.07, 6.45) is 0. The van der Waals surface area contributed by atoms with Gasteiger partial charge in [-0.25, -0.2) is 13.6 Å². The van der Waals surface area contributed by atoms with Crippen molar-refractivity contribution in [3.8, 4) is 0 Å². The summed E-state index contributed by atoms with van der Waals surface area (Å²) >= 11 is 0. The Labute approximate surface area is 79.2 Å². The molecule has 0 bridgehead atoms.